The van der Waals surface area contributed by atoms with Crippen molar-refractivity contribution in [2.24, 2.45) is 12.1 Å². The second-order valence-corrected chi connectivity index (χ2v) is 8.25. The molecule has 0 saturated carbocycles. The molecule has 3 aromatic heterocycles. The molecule has 0 atom stereocenters. The molecule has 0 spiro atoms. The maximum absolute atomic E-state index is 12.8. The van der Waals surface area contributed by atoms with Gasteiger partial charge in [0, 0.05) is 12.8 Å². The molecule has 0 saturated heterocycles. The third-order valence-electron chi connectivity index (χ3n) is 4.67. The maximum Gasteiger partial charge on any atom is 0.293 e. The number of aromatic nitrogens is 8. The molecule has 0 aliphatic heterocycles. The number of carbonyl (C=O) groups is 1. The van der Waals surface area contributed by atoms with Crippen LogP contribution in [0.2, 0.25) is 0 Å². The minimum absolute atomic E-state index is 0.0135. The normalized spacial score (nSPS) is 11.5. The van der Waals surface area contributed by atoms with Crippen molar-refractivity contribution in [1.82, 2.24) is 45.5 Å². The van der Waals surface area contributed by atoms with Gasteiger partial charge in [-0.05, 0) is 27.4 Å². The first kappa shape index (κ1) is 22.1. The zero-order valence-electron chi connectivity index (χ0n) is 18.1. The van der Waals surface area contributed by atoms with Crippen molar-refractivity contribution < 1.29 is 9.42 Å². The van der Waals surface area contributed by atoms with Crippen LogP contribution >= 0.6 is 11.8 Å². The molecular weight excluding hydrogens is 446 g/mol. The van der Waals surface area contributed by atoms with Gasteiger partial charge in [0.25, 0.3) is 5.91 Å². The van der Waals surface area contributed by atoms with Crippen molar-refractivity contribution in [3.63, 3.8) is 0 Å². The number of nitrogens with one attached hydrogen (secondary N) is 1. The third kappa shape index (κ3) is 4.90. The summed E-state index contributed by atoms with van der Waals surface area (Å²) in [5.74, 6) is 0.308. The van der Waals surface area contributed by atoms with Crippen molar-refractivity contribution in [3.8, 4) is 5.82 Å². The molecule has 1 aromatic carbocycles. The molecule has 1 amide bonds. The lowest BCUT2D eigenvalue weighted by Crippen LogP contribution is -2.20. The first-order valence-corrected chi connectivity index (χ1v) is 10.9. The van der Waals surface area contributed by atoms with Crippen LogP contribution in [0.25, 0.3) is 5.82 Å². The number of hydrazone groups is 1. The van der Waals surface area contributed by atoms with E-state index in [4.69, 9.17) is 5.73 Å². The lowest BCUT2D eigenvalue weighted by molar-refractivity contribution is 0.0949. The van der Waals surface area contributed by atoms with E-state index in [-0.39, 0.29) is 23.1 Å². The van der Waals surface area contributed by atoms with Crippen LogP contribution in [-0.4, -0.2) is 52.2 Å². The molecule has 3 N–H and O–H groups in total. The number of nitrogen functional groups attached to an aromatic ring is 1. The summed E-state index contributed by atoms with van der Waals surface area (Å²) < 4.78 is 7.71. The first-order valence-electron chi connectivity index (χ1n) is 9.87. The predicted octanol–water partition coefficient (Wildman–Crippen LogP) is 1.54. The van der Waals surface area contributed by atoms with Crippen LogP contribution in [0.1, 0.15) is 47.1 Å². The minimum Gasteiger partial charge on any atom is -0.378 e. The molecule has 0 fully saturated rings. The van der Waals surface area contributed by atoms with Gasteiger partial charge in [0.05, 0.1) is 11.9 Å². The van der Waals surface area contributed by atoms with Gasteiger partial charge in [0.2, 0.25) is 11.6 Å². The Labute approximate surface area is 192 Å². The number of rotatable bonds is 8. The molecule has 4 aromatic rings. The lowest BCUT2D eigenvalue weighted by Gasteiger charge is -2.05. The van der Waals surface area contributed by atoms with E-state index in [1.165, 1.54) is 22.0 Å². The quantitative estimate of drug-likeness (QED) is 0.220. The van der Waals surface area contributed by atoms with Crippen LogP contribution < -0.4 is 11.2 Å². The maximum atomic E-state index is 12.8. The highest BCUT2D eigenvalue weighted by atomic mass is 32.2. The highest BCUT2D eigenvalue weighted by Crippen LogP contribution is 2.24. The second-order valence-electron chi connectivity index (χ2n) is 7.30. The van der Waals surface area contributed by atoms with E-state index in [1.807, 2.05) is 31.3 Å². The summed E-state index contributed by atoms with van der Waals surface area (Å²) >= 11 is 1.34. The van der Waals surface area contributed by atoms with Crippen molar-refractivity contribution >= 4 is 29.7 Å². The number of hydrogen-bond donors (Lipinski definition) is 2. The van der Waals surface area contributed by atoms with Crippen molar-refractivity contribution in [2.45, 2.75) is 30.7 Å². The standard InChI is InChI=1S/C19H21N11O2S/c1-11(2)13-6-4-12(5-7-13)8-21-24-18(31)15-14(9-33-19-25-22-10-29(19)3)30(28-23-15)17-16(20)26-32-27-17/h4-8,10-11H,9H2,1-3H3,(H2,20,26)(H,24,31)/b21-8+. The molecule has 0 aliphatic carbocycles. The van der Waals surface area contributed by atoms with E-state index in [2.05, 4.69) is 59.8 Å². The van der Waals surface area contributed by atoms with Gasteiger partial charge in [-0.1, -0.05) is 55.1 Å². The Morgan fingerprint density at radius 2 is 2.06 bits per heavy atom. The van der Waals surface area contributed by atoms with Gasteiger partial charge < -0.3 is 10.3 Å². The number of nitrogens with zero attached hydrogens (tertiary/aromatic N) is 9. The summed E-state index contributed by atoms with van der Waals surface area (Å²) in [6, 6.07) is 7.92. The number of nitrogens with two attached hydrogens (primary N) is 1. The monoisotopic (exact) mass is 467 g/mol. The van der Waals surface area contributed by atoms with Crippen LogP contribution in [0, 0.1) is 0 Å². The molecule has 4 rings (SSSR count). The van der Waals surface area contributed by atoms with Crippen LogP contribution in [0.4, 0.5) is 5.82 Å². The minimum atomic E-state index is -0.542. The lowest BCUT2D eigenvalue weighted by atomic mass is 10.0. The predicted molar refractivity (Wildman–Crippen MR) is 120 cm³/mol. The number of aryl methyl sites for hydroxylation is 1. The molecule has 0 aliphatic rings. The SMILES string of the molecule is CC(C)c1ccc(/C=N/NC(=O)c2nnn(-c3nonc3N)c2CSc2nncn2C)cc1. The summed E-state index contributed by atoms with van der Waals surface area (Å²) in [7, 11) is 1.81. The average Bonchev–Trinajstić information content (AvgIpc) is 3.52. The molecule has 3 heterocycles. The van der Waals surface area contributed by atoms with Crippen molar-refractivity contribution in [1.29, 1.82) is 0 Å². The van der Waals surface area contributed by atoms with Crippen LogP contribution in [0.15, 0.2) is 45.5 Å². The molecule has 0 bridgehead atoms. The molecule has 13 nitrogen and oxygen atoms in total. The Morgan fingerprint density at radius 3 is 2.70 bits per heavy atom. The highest BCUT2D eigenvalue weighted by molar-refractivity contribution is 7.98. The number of carbonyl (C=O) groups excluding carboxylic acids is 1. The molecule has 0 unspecified atom stereocenters. The summed E-state index contributed by atoms with van der Waals surface area (Å²) in [6.45, 7) is 4.25. The van der Waals surface area contributed by atoms with Crippen molar-refractivity contribution in [3.05, 3.63) is 53.1 Å². The molecule has 0 radical (unpaired) electrons. The van der Waals surface area contributed by atoms with E-state index < -0.39 is 5.91 Å². The Bertz CT molecular complexity index is 1270. The van der Waals surface area contributed by atoms with Gasteiger partial charge in [-0.3, -0.25) is 4.79 Å². The largest absolute Gasteiger partial charge is 0.378 e. The molecule has 14 heteroatoms. The van der Waals surface area contributed by atoms with Gasteiger partial charge in [-0.15, -0.1) is 15.3 Å². The van der Waals surface area contributed by atoms with Crippen LogP contribution in [-0.2, 0) is 12.8 Å². The summed E-state index contributed by atoms with van der Waals surface area (Å²) in [6.07, 6.45) is 3.13. The van der Waals surface area contributed by atoms with E-state index in [1.54, 1.807) is 17.1 Å². The summed E-state index contributed by atoms with van der Waals surface area (Å²) in [5, 5.41) is 27.9. The summed E-state index contributed by atoms with van der Waals surface area (Å²) in [4.78, 5) is 12.8. The fraction of sp³-hybridized carbons (Fsp3) is 0.263. The Balaban J connectivity index is 1.54. The number of hydrogen-bond acceptors (Lipinski definition) is 11. The number of anilines is 1. The highest BCUT2D eigenvalue weighted by Gasteiger charge is 2.24. The first-order chi connectivity index (χ1) is 15.9. The molecular formula is C19H21N11O2S. The number of amides is 1. The van der Waals surface area contributed by atoms with E-state index in [0.29, 0.717) is 16.8 Å². The fourth-order valence-corrected chi connectivity index (χ4v) is 3.72. The Hall–Kier alpha value is -4.07. The summed E-state index contributed by atoms with van der Waals surface area (Å²) in [5.41, 5.74) is 10.8. The topological polar surface area (TPSA) is 168 Å². The smallest absolute Gasteiger partial charge is 0.293 e. The molecule has 170 valence electrons. The van der Waals surface area contributed by atoms with Gasteiger partial charge >= 0.3 is 0 Å². The molecule has 33 heavy (non-hydrogen) atoms. The van der Waals surface area contributed by atoms with E-state index in [0.717, 1.165) is 5.56 Å². The van der Waals surface area contributed by atoms with Crippen molar-refractivity contribution in [2.75, 3.05) is 5.73 Å². The third-order valence-corrected chi connectivity index (χ3v) is 5.71. The van der Waals surface area contributed by atoms with E-state index in [9.17, 15) is 4.79 Å². The zero-order valence-corrected chi connectivity index (χ0v) is 18.9. The fourth-order valence-electron chi connectivity index (χ4n) is 2.84. The number of thioether (sulfide) groups is 1. The average molecular weight is 468 g/mol. The van der Waals surface area contributed by atoms with Gasteiger partial charge in [0.1, 0.15) is 6.33 Å². The Morgan fingerprint density at radius 1 is 1.27 bits per heavy atom. The van der Waals surface area contributed by atoms with Gasteiger partial charge in [0.15, 0.2) is 10.9 Å². The Kier molecular flexibility index (Phi) is 6.44. The van der Waals surface area contributed by atoms with E-state index >= 15 is 0 Å². The van der Waals surface area contributed by atoms with Gasteiger partial charge in [-0.2, -0.15) is 9.78 Å². The zero-order chi connectivity index (χ0) is 23.4. The van der Waals surface area contributed by atoms with Crippen LogP contribution in [0.3, 0.4) is 0 Å². The van der Waals surface area contributed by atoms with Gasteiger partial charge in [-0.25, -0.2) is 10.1 Å². The second kappa shape index (κ2) is 9.60. The number of benzene rings is 1. The van der Waals surface area contributed by atoms with Crippen LogP contribution in [0.5, 0.6) is 0 Å².